The van der Waals surface area contributed by atoms with E-state index in [2.05, 4.69) is 26.2 Å². The molecule has 0 aliphatic rings. The first-order chi connectivity index (χ1) is 8.16. The van der Waals surface area contributed by atoms with E-state index in [1.807, 2.05) is 19.1 Å². The molecular weight excluding hydrogens is 283 g/mol. The molecule has 1 aromatic heterocycles. The van der Waals surface area contributed by atoms with Crippen molar-refractivity contribution in [2.45, 2.75) is 13.5 Å². The molecule has 17 heavy (non-hydrogen) atoms. The molecule has 0 radical (unpaired) electrons. The highest BCUT2D eigenvalue weighted by molar-refractivity contribution is 9.10. The van der Waals surface area contributed by atoms with Crippen LogP contribution >= 0.6 is 15.9 Å². The Balaban J connectivity index is 2.08. The Bertz CT molecular complexity index is 529. The van der Waals surface area contributed by atoms with Crippen molar-refractivity contribution in [1.29, 1.82) is 0 Å². The number of hydrogen-bond donors (Lipinski definition) is 1. The molecule has 4 heteroatoms. The second kappa shape index (κ2) is 5.27. The highest BCUT2D eigenvalue weighted by Gasteiger charge is 2.02. The molecule has 1 heterocycles. The van der Waals surface area contributed by atoms with Crippen LogP contribution < -0.4 is 5.32 Å². The molecule has 1 N–H and O–H groups in total. The molecule has 0 spiro atoms. The average Bonchev–Trinajstić information content (AvgIpc) is 2.32. The summed E-state index contributed by atoms with van der Waals surface area (Å²) in [6.45, 7) is 2.42. The molecule has 0 bridgehead atoms. The number of hydrogen-bond acceptors (Lipinski definition) is 2. The van der Waals surface area contributed by atoms with Crippen molar-refractivity contribution >= 4 is 21.6 Å². The largest absolute Gasteiger partial charge is 0.380 e. The van der Waals surface area contributed by atoms with Crippen molar-refractivity contribution in [2.24, 2.45) is 0 Å². The van der Waals surface area contributed by atoms with E-state index in [1.54, 1.807) is 18.3 Å². The molecule has 0 fully saturated rings. The quantitative estimate of drug-likeness (QED) is 0.869. The molecule has 0 atom stereocenters. The Hall–Kier alpha value is -1.42. The summed E-state index contributed by atoms with van der Waals surface area (Å²) in [5.41, 5.74) is 2.57. The predicted octanol–water partition coefficient (Wildman–Crippen LogP) is 3.90. The summed E-state index contributed by atoms with van der Waals surface area (Å²) in [5, 5.41) is 3.15. The van der Waals surface area contributed by atoms with Crippen molar-refractivity contribution in [2.75, 3.05) is 5.32 Å². The molecule has 0 saturated carbocycles. The number of benzene rings is 1. The fourth-order valence-electron chi connectivity index (χ4n) is 1.49. The van der Waals surface area contributed by atoms with Crippen LogP contribution in [0.5, 0.6) is 0 Å². The molecule has 0 amide bonds. The maximum Gasteiger partial charge on any atom is 0.128 e. The third-order valence-corrected chi connectivity index (χ3v) is 3.29. The van der Waals surface area contributed by atoms with Crippen LogP contribution in [0.15, 0.2) is 41.1 Å². The monoisotopic (exact) mass is 294 g/mol. The van der Waals surface area contributed by atoms with E-state index in [0.717, 1.165) is 15.9 Å². The van der Waals surface area contributed by atoms with Crippen LogP contribution in [0.2, 0.25) is 0 Å². The van der Waals surface area contributed by atoms with Gasteiger partial charge in [0, 0.05) is 12.1 Å². The zero-order valence-electron chi connectivity index (χ0n) is 9.37. The van der Waals surface area contributed by atoms with Gasteiger partial charge in [-0.3, -0.25) is 0 Å². The van der Waals surface area contributed by atoms with E-state index in [0.29, 0.717) is 12.1 Å². The van der Waals surface area contributed by atoms with Crippen LogP contribution in [0.25, 0.3) is 0 Å². The summed E-state index contributed by atoms with van der Waals surface area (Å²) in [5.74, 6) is -0.193. The number of pyridine rings is 1. The van der Waals surface area contributed by atoms with Gasteiger partial charge in [-0.15, -0.1) is 0 Å². The standard InChI is InChI=1S/C13H12BrFN2/c1-9-6-11(8-17-13(9)14)16-7-10-4-2-3-5-12(10)15/h2-6,8,16H,7H2,1H3. The zero-order valence-corrected chi connectivity index (χ0v) is 11.0. The molecule has 0 unspecified atom stereocenters. The Labute approximate surface area is 108 Å². The van der Waals surface area contributed by atoms with Crippen LogP contribution in [0.4, 0.5) is 10.1 Å². The summed E-state index contributed by atoms with van der Waals surface area (Å²) in [4.78, 5) is 4.17. The Morgan fingerprint density at radius 3 is 2.82 bits per heavy atom. The van der Waals surface area contributed by atoms with E-state index < -0.39 is 0 Å². The fraction of sp³-hybridized carbons (Fsp3) is 0.154. The highest BCUT2D eigenvalue weighted by Crippen LogP contribution is 2.17. The average molecular weight is 295 g/mol. The molecule has 2 aromatic rings. The summed E-state index contributed by atoms with van der Waals surface area (Å²) >= 11 is 3.34. The van der Waals surface area contributed by atoms with Gasteiger partial charge < -0.3 is 5.32 Å². The van der Waals surface area contributed by atoms with E-state index in [4.69, 9.17) is 0 Å². The lowest BCUT2D eigenvalue weighted by atomic mass is 10.2. The van der Waals surface area contributed by atoms with Crippen LogP contribution in [0.3, 0.4) is 0 Å². The molecule has 0 aliphatic heterocycles. The van der Waals surface area contributed by atoms with Gasteiger partial charge in [-0.05, 0) is 40.5 Å². The number of nitrogens with one attached hydrogen (secondary N) is 1. The van der Waals surface area contributed by atoms with Gasteiger partial charge in [-0.1, -0.05) is 18.2 Å². The van der Waals surface area contributed by atoms with Gasteiger partial charge in [0.15, 0.2) is 0 Å². The Morgan fingerprint density at radius 1 is 1.35 bits per heavy atom. The number of aryl methyl sites for hydroxylation is 1. The second-order valence-electron chi connectivity index (χ2n) is 3.78. The van der Waals surface area contributed by atoms with E-state index in [1.165, 1.54) is 6.07 Å². The topological polar surface area (TPSA) is 24.9 Å². The lowest BCUT2D eigenvalue weighted by Crippen LogP contribution is -2.02. The lowest BCUT2D eigenvalue weighted by Gasteiger charge is -2.08. The predicted molar refractivity (Wildman–Crippen MR) is 70.4 cm³/mol. The first-order valence-corrected chi connectivity index (χ1v) is 6.05. The number of nitrogens with zero attached hydrogens (tertiary/aromatic N) is 1. The Morgan fingerprint density at radius 2 is 2.12 bits per heavy atom. The molecule has 0 aliphatic carbocycles. The minimum Gasteiger partial charge on any atom is -0.380 e. The van der Waals surface area contributed by atoms with Gasteiger partial charge in [0.25, 0.3) is 0 Å². The van der Waals surface area contributed by atoms with Crippen LogP contribution in [-0.2, 0) is 6.54 Å². The van der Waals surface area contributed by atoms with Gasteiger partial charge in [0.2, 0.25) is 0 Å². The molecule has 2 nitrogen and oxygen atoms in total. The van der Waals surface area contributed by atoms with Gasteiger partial charge in [0.05, 0.1) is 11.9 Å². The summed E-state index contributed by atoms with van der Waals surface area (Å²) in [7, 11) is 0. The molecule has 2 rings (SSSR count). The van der Waals surface area contributed by atoms with E-state index in [9.17, 15) is 4.39 Å². The van der Waals surface area contributed by atoms with Crippen LogP contribution in [0, 0.1) is 12.7 Å². The Kier molecular flexibility index (Phi) is 3.74. The number of rotatable bonds is 3. The van der Waals surface area contributed by atoms with Crippen molar-refractivity contribution in [1.82, 2.24) is 4.98 Å². The summed E-state index contributed by atoms with van der Waals surface area (Å²) < 4.78 is 14.2. The van der Waals surface area contributed by atoms with E-state index in [-0.39, 0.29) is 5.82 Å². The number of halogens is 2. The van der Waals surface area contributed by atoms with Gasteiger partial charge >= 0.3 is 0 Å². The van der Waals surface area contributed by atoms with Crippen molar-refractivity contribution < 1.29 is 4.39 Å². The van der Waals surface area contributed by atoms with Crippen molar-refractivity contribution in [3.8, 4) is 0 Å². The van der Waals surface area contributed by atoms with Crippen molar-refractivity contribution in [3.63, 3.8) is 0 Å². The first kappa shape index (κ1) is 12.0. The second-order valence-corrected chi connectivity index (χ2v) is 4.53. The van der Waals surface area contributed by atoms with Gasteiger partial charge in [-0.25, -0.2) is 9.37 Å². The molecule has 0 saturated heterocycles. The molecular formula is C13H12BrFN2. The third-order valence-electron chi connectivity index (χ3n) is 2.46. The molecule has 1 aromatic carbocycles. The van der Waals surface area contributed by atoms with Crippen LogP contribution in [-0.4, -0.2) is 4.98 Å². The lowest BCUT2D eigenvalue weighted by molar-refractivity contribution is 0.613. The first-order valence-electron chi connectivity index (χ1n) is 5.26. The maximum atomic E-state index is 13.4. The van der Waals surface area contributed by atoms with E-state index >= 15 is 0 Å². The molecule has 88 valence electrons. The third kappa shape index (κ3) is 3.03. The van der Waals surface area contributed by atoms with Gasteiger partial charge in [-0.2, -0.15) is 0 Å². The number of aromatic nitrogens is 1. The van der Waals surface area contributed by atoms with Gasteiger partial charge in [0.1, 0.15) is 10.4 Å². The minimum atomic E-state index is -0.193. The van der Waals surface area contributed by atoms with Crippen LogP contribution in [0.1, 0.15) is 11.1 Å². The fourth-order valence-corrected chi connectivity index (χ4v) is 1.71. The number of anilines is 1. The smallest absolute Gasteiger partial charge is 0.128 e. The maximum absolute atomic E-state index is 13.4. The normalized spacial score (nSPS) is 10.3. The SMILES string of the molecule is Cc1cc(NCc2ccccc2F)cnc1Br. The summed E-state index contributed by atoms with van der Waals surface area (Å²) in [6.07, 6.45) is 1.72. The van der Waals surface area contributed by atoms with Crippen molar-refractivity contribution in [3.05, 3.63) is 58.1 Å². The highest BCUT2D eigenvalue weighted by atomic mass is 79.9. The zero-order chi connectivity index (χ0) is 12.3. The minimum absolute atomic E-state index is 0.193. The summed E-state index contributed by atoms with van der Waals surface area (Å²) in [6, 6.07) is 8.71.